The maximum absolute atomic E-state index is 12.5. The molecule has 2 aromatic heterocycles. The molecule has 1 saturated heterocycles. The molecule has 3 heterocycles. The van der Waals surface area contributed by atoms with E-state index in [0.717, 1.165) is 44.7 Å². The van der Waals surface area contributed by atoms with E-state index in [2.05, 4.69) is 15.4 Å². The summed E-state index contributed by atoms with van der Waals surface area (Å²) in [6.07, 6.45) is 9.68. The Bertz CT molecular complexity index is 685. The Morgan fingerprint density at radius 3 is 3.04 bits per heavy atom. The van der Waals surface area contributed by atoms with Gasteiger partial charge in [-0.25, -0.2) is 4.98 Å². The molecule has 1 unspecified atom stereocenters. The van der Waals surface area contributed by atoms with Gasteiger partial charge in [0.2, 0.25) is 5.91 Å². The van der Waals surface area contributed by atoms with E-state index in [-0.39, 0.29) is 5.91 Å². The largest absolute Gasteiger partial charge is 0.344 e. The Morgan fingerprint density at radius 2 is 2.32 bits per heavy atom. The molecule has 0 spiro atoms. The second-order valence-corrected chi connectivity index (χ2v) is 6.83. The maximum atomic E-state index is 12.5. The average molecular weight is 344 g/mol. The van der Waals surface area contributed by atoms with Crippen LogP contribution < -0.4 is 5.32 Å². The Balaban J connectivity index is 1.50. The second kappa shape index (κ2) is 8.29. The number of carbonyl (C=O) groups excluding carboxylic acids is 1. The molecule has 25 heavy (non-hydrogen) atoms. The highest BCUT2D eigenvalue weighted by molar-refractivity contribution is 5.75. The molecule has 1 amide bonds. The van der Waals surface area contributed by atoms with Crippen molar-refractivity contribution in [2.45, 2.75) is 38.1 Å². The molecule has 3 rings (SSSR count). The van der Waals surface area contributed by atoms with Crippen LogP contribution in [0.4, 0.5) is 0 Å². The highest BCUT2D eigenvalue weighted by Gasteiger charge is 2.20. The summed E-state index contributed by atoms with van der Waals surface area (Å²) in [5, 5.41) is 7.80. The molecule has 0 aromatic carbocycles. The predicted octanol–water partition coefficient (Wildman–Crippen LogP) is 1.17. The SMILES string of the molecule is CN(CCCc1nccn1C)C(=O)Cn1nccc1C1CCCNC1. The summed E-state index contributed by atoms with van der Waals surface area (Å²) < 4.78 is 3.89. The van der Waals surface area contributed by atoms with Crippen LogP contribution in [0.15, 0.2) is 24.7 Å². The Labute approximate surface area is 149 Å². The lowest BCUT2D eigenvalue weighted by atomic mass is 9.96. The lowest BCUT2D eigenvalue weighted by Gasteiger charge is -2.24. The minimum absolute atomic E-state index is 0.105. The van der Waals surface area contributed by atoms with Gasteiger partial charge in [0.05, 0.1) is 0 Å². The molecule has 1 aliphatic heterocycles. The summed E-state index contributed by atoms with van der Waals surface area (Å²) in [5.74, 6) is 1.62. The first-order chi connectivity index (χ1) is 12.1. The van der Waals surface area contributed by atoms with Gasteiger partial charge in [-0.05, 0) is 31.9 Å². The van der Waals surface area contributed by atoms with E-state index in [1.54, 1.807) is 11.1 Å². The highest BCUT2D eigenvalue weighted by atomic mass is 16.2. The molecule has 0 bridgehead atoms. The van der Waals surface area contributed by atoms with Crippen molar-refractivity contribution in [2.75, 3.05) is 26.7 Å². The Hall–Kier alpha value is -2.15. The van der Waals surface area contributed by atoms with E-state index in [1.807, 2.05) is 41.8 Å². The molecule has 0 aliphatic carbocycles. The fourth-order valence-corrected chi connectivity index (χ4v) is 3.41. The van der Waals surface area contributed by atoms with Crippen molar-refractivity contribution in [1.82, 2.24) is 29.5 Å². The monoisotopic (exact) mass is 344 g/mol. The smallest absolute Gasteiger partial charge is 0.244 e. The van der Waals surface area contributed by atoms with Crippen LogP contribution in [0.1, 0.15) is 36.7 Å². The molecule has 1 aliphatic rings. The molecule has 136 valence electrons. The van der Waals surface area contributed by atoms with Crippen LogP contribution >= 0.6 is 0 Å². The predicted molar refractivity (Wildman–Crippen MR) is 96.2 cm³/mol. The van der Waals surface area contributed by atoms with Crippen molar-refractivity contribution in [3.63, 3.8) is 0 Å². The van der Waals surface area contributed by atoms with Crippen LogP contribution in [0.25, 0.3) is 0 Å². The summed E-state index contributed by atoms with van der Waals surface area (Å²) in [4.78, 5) is 18.7. The zero-order chi connectivity index (χ0) is 17.6. The number of nitrogens with zero attached hydrogens (tertiary/aromatic N) is 5. The van der Waals surface area contributed by atoms with Gasteiger partial charge >= 0.3 is 0 Å². The number of nitrogens with one attached hydrogen (secondary N) is 1. The third-order valence-corrected chi connectivity index (χ3v) is 4.99. The molecule has 7 heteroatoms. The first kappa shape index (κ1) is 17.7. The molecule has 1 N–H and O–H groups in total. The zero-order valence-corrected chi connectivity index (χ0v) is 15.2. The van der Waals surface area contributed by atoms with Crippen molar-refractivity contribution in [3.8, 4) is 0 Å². The van der Waals surface area contributed by atoms with E-state index in [4.69, 9.17) is 0 Å². The number of aromatic nitrogens is 4. The van der Waals surface area contributed by atoms with Crippen LogP contribution in [0.3, 0.4) is 0 Å². The summed E-state index contributed by atoms with van der Waals surface area (Å²) in [6, 6.07) is 2.05. The molecule has 7 nitrogen and oxygen atoms in total. The van der Waals surface area contributed by atoms with Gasteiger partial charge in [-0.15, -0.1) is 0 Å². The first-order valence-electron chi connectivity index (χ1n) is 9.07. The highest BCUT2D eigenvalue weighted by Crippen LogP contribution is 2.22. The number of aryl methyl sites for hydroxylation is 2. The van der Waals surface area contributed by atoms with Gasteiger partial charge in [0.15, 0.2) is 0 Å². The number of likely N-dealkylation sites (N-methyl/N-ethyl adjacent to an activating group) is 1. The number of amides is 1. The van der Waals surface area contributed by atoms with Crippen LogP contribution in [-0.2, 0) is 24.8 Å². The van der Waals surface area contributed by atoms with Crippen LogP contribution in [0, 0.1) is 0 Å². The van der Waals surface area contributed by atoms with Gasteiger partial charge in [0.25, 0.3) is 0 Å². The minimum Gasteiger partial charge on any atom is -0.344 e. The lowest BCUT2D eigenvalue weighted by Crippen LogP contribution is -2.34. The number of piperidine rings is 1. The first-order valence-corrected chi connectivity index (χ1v) is 9.07. The number of carbonyl (C=O) groups is 1. The summed E-state index contributed by atoms with van der Waals surface area (Å²) >= 11 is 0. The van der Waals surface area contributed by atoms with Crippen LogP contribution in [-0.4, -0.2) is 56.8 Å². The normalized spacial score (nSPS) is 17.6. The lowest BCUT2D eigenvalue weighted by molar-refractivity contribution is -0.130. The van der Waals surface area contributed by atoms with Crippen molar-refractivity contribution in [1.29, 1.82) is 0 Å². The van der Waals surface area contributed by atoms with Crippen LogP contribution in [0.5, 0.6) is 0 Å². The van der Waals surface area contributed by atoms with Gasteiger partial charge in [-0.3, -0.25) is 9.48 Å². The third-order valence-electron chi connectivity index (χ3n) is 4.99. The average Bonchev–Trinajstić information content (AvgIpc) is 3.25. The van der Waals surface area contributed by atoms with E-state index in [0.29, 0.717) is 12.5 Å². The molecule has 1 atom stereocenters. The van der Waals surface area contributed by atoms with Gasteiger partial charge in [-0.1, -0.05) is 0 Å². The molecule has 0 radical (unpaired) electrons. The number of imidazole rings is 1. The molecule has 1 fully saturated rings. The number of rotatable bonds is 7. The van der Waals surface area contributed by atoms with E-state index in [9.17, 15) is 4.79 Å². The second-order valence-electron chi connectivity index (χ2n) is 6.83. The minimum atomic E-state index is 0.105. The van der Waals surface area contributed by atoms with Crippen molar-refractivity contribution < 1.29 is 4.79 Å². The summed E-state index contributed by atoms with van der Waals surface area (Å²) in [6.45, 7) is 3.10. The quantitative estimate of drug-likeness (QED) is 0.819. The maximum Gasteiger partial charge on any atom is 0.244 e. The van der Waals surface area contributed by atoms with Gasteiger partial charge in [0.1, 0.15) is 12.4 Å². The summed E-state index contributed by atoms with van der Waals surface area (Å²) in [5.41, 5.74) is 1.17. The van der Waals surface area contributed by atoms with Gasteiger partial charge in [-0.2, -0.15) is 5.10 Å². The van der Waals surface area contributed by atoms with Crippen molar-refractivity contribution in [2.24, 2.45) is 7.05 Å². The summed E-state index contributed by atoms with van der Waals surface area (Å²) in [7, 11) is 3.86. The number of hydrogen-bond donors (Lipinski definition) is 1. The zero-order valence-electron chi connectivity index (χ0n) is 15.2. The molecular weight excluding hydrogens is 316 g/mol. The van der Waals surface area contributed by atoms with E-state index in [1.165, 1.54) is 12.1 Å². The molecule has 0 saturated carbocycles. The third kappa shape index (κ3) is 4.48. The topological polar surface area (TPSA) is 68.0 Å². The van der Waals surface area contributed by atoms with E-state index >= 15 is 0 Å². The fourth-order valence-electron chi connectivity index (χ4n) is 3.41. The number of hydrogen-bond acceptors (Lipinski definition) is 4. The standard InChI is InChI=1S/C18H28N6O/c1-22-12-10-20-17(22)6-4-11-23(2)18(25)14-24-16(7-9-21-24)15-5-3-8-19-13-15/h7,9-10,12,15,19H,3-6,8,11,13-14H2,1-2H3. The van der Waals surface area contributed by atoms with Crippen LogP contribution in [0.2, 0.25) is 0 Å². The van der Waals surface area contributed by atoms with Gasteiger partial charge < -0.3 is 14.8 Å². The van der Waals surface area contributed by atoms with Crippen molar-refractivity contribution in [3.05, 3.63) is 36.2 Å². The molecule has 2 aromatic rings. The van der Waals surface area contributed by atoms with Gasteiger partial charge in [0, 0.05) is 63.8 Å². The van der Waals surface area contributed by atoms with E-state index < -0.39 is 0 Å². The Morgan fingerprint density at radius 1 is 1.44 bits per heavy atom. The fraction of sp³-hybridized carbons (Fsp3) is 0.611. The molecular formula is C18H28N6O. The van der Waals surface area contributed by atoms with Crippen molar-refractivity contribution >= 4 is 5.91 Å². The Kier molecular flexibility index (Phi) is 5.86.